The van der Waals surface area contributed by atoms with E-state index >= 15 is 0 Å². The Morgan fingerprint density at radius 3 is 2.26 bits per heavy atom. The van der Waals surface area contributed by atoms with E-state index in [0.717, 1.165) is 75.8 Å². The number of carbonyl (C=O) groups is 1. The van der Waals surface area contributed by atoms with Gasteiger partial charge in [0.1, 0.15) is 5.75 Å². The van der Waals surface area contributed by atoms with Crippen molar-refractivity contribution in [3.8, 4) is 5.75 Å². The second kappa shape index (κ2) is 11.9. The van der Waals surface area contributed by atoms with Crippen molar-refractivity contribution in [3.63, 3.8) is 0 Å². The lowest BCUT2D eigenvalue weighted by Crippen LogP contribution is -2.48. The van der Waals surface area contributed by atoms with Crippen LogP contribution in [0.25, 0.3) is 0 Å². The molecule has 9 heteroatoms. The van der Waals surface area contributed by atoms with E-state index in [-0.39, 0.29) is 11.9 Å². The van der Waals surface area contributed by atoms with E-state index in [2.05, 4.69) is 26.7 Å². The van der Waals surface area contributed by atoms with Crippen LogP contribution in [0.4, 0.5) is 5.69 Å². The van der Waals surface area contributed by atoms with Crippen molar-refractivity contribution < 1.29 is 17.9 Å². The highest BCUT2D eigenvalue weighted by molar-refractivity contribution is 7.89. The summed E-state index contributed by atoms with van der Waals surface area (Å²) in [6, 6.07) is 13.2. The molecule has 3 aliphatic rings. The zero-order chi connectivity index (χ0) is 30.2. The maximum atomic E-state index is 13.7. The summed E-state index contributed by atoms with van der Waals surface area (Å²) in [5.41, 5.74) is 5.51. The Morgan fingerprint density at radius 2 is 1.60 bits per heavy atom. The Labute approximate surface area is 255 Å². The first kappa shape index (κ1) is 29.6. The second-order valence-corrected chi connectivity index (χ2v) is 14.2. The fraction of sp³-hybridized carbons (Fsp3) is 0.471. The lowest BCUT2D eigenvalue weighted by Gasteiger charge is -2.47. The predicted octanol–water partition coefficient (Wildman–Crippen LogP) is 5.59. The number of hydrogen-bond donors (Lipinski definition) is 1. The van der Waals surface area contributed by atoms with Gasteiger partial charge in [-0.05, 0) is 123 Å². The third kappa shape index (κ3) is 6.02. The lowest BCUT2D eigenvalue weighted by atomic mass is 9.71. The number of sulfonamides is 1. The van der Waals surface area contributed by atoms with Crippen molar-refractivity contribution in [2.75, 3.05) is 38.2 Å². The minimum atomic E-state index is -3.79. The van der Waals surface area contributed by atoms with Gasteiger partial charge >= 0.3 is 0 Å². The van der Waals surface area contributed by atoms with Crippen LogP contribution in [0, 0.1) is 19.3 Å². The summed E-state index contributed by atoms with van der Waals surface area (Å²) in [6.07, 6.45) is 10.5. The number of amides is 1. The van der Waals surface area contributed by atoms with Gasteiger partial charge in [0.05, 0.1) is 12.0 Å². The molecule has 43 heavy (non-hydrogen) atoms. The molecule has 2 saturated heterocycles. The Balaban J connectivity index is 1.13. The van der Waals surface area contributed by atoms with Crippen LogP contribution in [0.15, 0.2) is 59.8 Å². The average molecular weight is 603 g/mol. The highest BCUT2D eigenvalue weighted by atomic mass is 32.2. The normalized spacial score (nSPS) is 20.1. The average Bonchev–Trinajstić information content (AvgIpc) is 3.01. The number of piperidine rings is 2. The van der Waals surface area contributed by atoms with E-state index < -0.39 is 10.0 Å². The third-order valence-corrected chi connectivity index (χ3v) is 11.7. The van der Waals surface area contributed by atoms with E-state index in [1.54, 1.807) is 33.1 Å². The summed E-state index contributed by atoms with van der Waals surface area (Å²) in [6.45, 7) is 7.19. The van der Waals surface area contributed by atoms with Crippen LogP contribution in [-0.4, -0.2) is 57.5 Å². The monoisotopic (exact) mass is 602 g/mol. The number of nitrogens with zero attached hydrogens (tertiary/aromatic N) is 3. The van der Waals surface area contributed by atoms with Gasteiger partial charge < -0.3 is 14.5 Å². The Bertz CT molecular complexity index is 1570. The van der Waals surface area contributed by atoms with E-state index in [4.69, 9.17) is 4.74 Å². The highest BCUT2D eigenvalue weighted by Crippen LogP contribution is 2.42. The number of aromatic nitrogens is 1. The molecule has 2 aromatic carbocycles. The summed E-state index contributed by atoms with van der Waals surface area (Å²) in [5, 5.41) is 0. The molecule has 1 spiro atoms. The maximum absolute atomic E-state index is 13.7. The van der Waals surface area contributed by atoms with E-state index in [9.17, 15) is 13.2 Å². The van der Waals surface area contributed by atoms with Crippen molar-refractivity contribution in [3.05, 3.63) is 82.7 Å². The van der Waals surface area contributed by atoms with Crippen LogP contribution in [-0.2, 0) is 16.4 Å². The van der Waals surface area contributed by atoms with E-state index in [0.29, 0.717) is 39.2 Å². The number of methoxy groups -OCH3 is 1. The van der Waals surface area contributed by atoms with Crippen LogP contribution in [0.1, 0.15) is 77.2 Å². The van der Waals surface area contributed by atoms with Crippen molar-refractivity contribution >= 4 is 21.6 Å². The summed E-state index contributed by atoms with van der Waals surface area (Å²) in [4.78, 5) is 22.6. The Hall–Kier alpha value is -3.43. The standard InChI is InChI=1S/C34H42N4O4S/c1-24-21-29(42-3)22-25(2)32(24)43(40,41)36-31-6-4-5-26-7-8-27(23-30(26)31)33(39)38-19-13-34(14-20-38)11-17-37(18-12-34)28-9-15-35-16-10-28/h7-10,15-16,21-23,31,36H,4-6,11-14,17-20H2,1-3H3/t31-/m0/s1. The minimum Gasteiger partial charge on any atom is -0.497 e. The van der Waals surface area contributed by atoms with Gasteiger partial charge in [-0.2, -0.15) is 0 Å². The number of ether oxygens (including phenoxy) is 1. The fourth-order valence-corrected chi connectivity index (χ4v) is 9.12. The van der Waals surface area contributed by atoms with Gasteiger partial charge in [-0.25, -0.2) is 13.1 Å². The zero-order valence-corrected chi connectivity index (χ0v) is 26.3. The quantitative estimate of drug-likeness (QED) is 0.396. The summed E-state index contributed by atoms with van der Waals surface area (Å²) in [7, 11) is -2.21. The topological polar surface area (TPSA) is 91.8 Å². The lowest BCUT2D eigenvalue weighted by molar-refractivity contribution is 0.0515. The number of pyridine rings is 1. The Morgan fingerprint density at radius 1 is 0.953 bits per heavy atom. The molecule has 2 aliphatic heterocycles. The smallest absolute Gasteiger partial charge is 0.253 e. The first-order chi connectivity index (χ1) is 20.7. The van der Waals surface area contributed by atoms with Crippen molar-refractivity contribution in [2.24, 2.45) is 5.41 Å². The van der Waals surface area contributed by atoms with Crippen LogP contribution in [0.3, 0.4) is 0 Å². The Kier molecular flexibility index (Phi) is 8.22. The molecule has 1 aliphatic carbocycles. The van der Waals surface area contributed by atoms with Gasteiger partial charge in [0.25, 0.3) is 5.91 Å². The molecule has 1 N–H and O–H groups in total. The second-order valence-electron chi connectivity index (χ2n) is 12.6. The van der Waals surface area contributed by atoms with Gasteiger partial charge in [-0.3, -0.25) is 9.78 Å². The van der Waals surface area contributed by atoms with Crippen LogP contribution < -0.4 is 14.4 Å². The van der Waals surface area contributed by atoms with Gasteiger partial charge in [0.2, 0.25) is 10.0 Å². The molecule has 6 rings (SSSR count). The van der Waals surface area contributed by atoms with Crippen molar-refractivity contribution in [1.82, 2.24) is 14.6 Å². The maximum Gasteiger partial charge on any atom is 0.253 e. The molecule has 1 aromatic heterocycles. The van der Waals surface area contributed by atoms with Gasteiger partial charge in [0, 0.05) is 55.9 Å². The van der Waals surface area contributed by atoms with Gasteiger partial charge in [-0.1, -0.05) is 6.07 Å². The number of rotatable bonds is 6. The third-order valence-electron chi connectivity index (χ3n) is 9.91. The van der Waals surface area contributed by atoms with E-state index in [1.807, 2.05) is 35.5 Å². The number of nitrogens with one attached hydrogen (secondary N) is 1. The van der Waals surface area contributed by atoms with Gasteiger partial charge in [0.15, 0.2) is 0 Å². The highest BCUT2D eigenvalue weighted by Gasteiger charge is 2.39. The number of anilines is 1. The number of hydrogen-bond acceptors (Lipinski definition) is 6. The molecular weight excluding hydrogens is 560 g/mol. The van der Waals surface area contributed by atoms with Crippen molar-refractivity contribution in [2.45, 2.75) is 69.7 Å². The number of likely N-dealkylation sites (tertiary alicyclic amines) is 1. The number of benzene rings is 2. The molecule has 0 unspecified atom stereocenters. The molecule has 228 valence electrons. The molecule has 0 saturated carbocycles. The summed E-state index contributed by atoms with van der Waals surface area (Å²) in [5.74, 6) is 0.681. The number of aryl methyl sites for hydroxylation is 3. The molecule has 3 aromatic rings. The molecule has 8 nitrogen and oxygen atoms in total. The number of carbonyl (C=O) groups excluding carboxylic acids is 1. The molecule has 0 bridgehead atoms. The SMILES string of the molecule is COc1cc(C)c(S(=O)(=O)N[C@H]2CCCc3ccc(C(=O)N4CCC5(CC4)CCN(c4ccncc4)CC5)cc32)c(C)c1. The number of fused-ring (bicyclic) bond motifs is 1. The van der Waals surface area contributed by atoms with E-state index in [1.165, 1.54) is 5.69 Å². The largest absolute Gasteiger partial charge is 0.497 e. The zero-order valence-electron chi connectivity index (χ0n) is 25.4. The predicted molar refractivity (Wildman–Crippen MR) is 168 cm³/mol. The molecule has 1 amide bonds. The van der Waals surface area contributed by atoms with Crippen LogP contribution >= 0.6 is 0 Å². The van der Waals surface area contributed by atoms with Crippen LogP contribution in [0.5, 0.6) is 5.75 Å². The minimum absolute atomic E-state index is 0.0425. The first-order valence-electron chi connectivity index (χ1n) is 15.4. The van der Waals surface area contributed by atoms with Gasteiger partial charge in [-0.15, -0.1) is 0 Å². The molecule has 2 fully saturated rings. The molecular formula is C34H42N4O4S. The fourth-order valence-electron chi connectivity index (χ4n) is 7.41. The van der Waals surface area contributed by atoms with Crippen LogP contribution in [0.2, 0.25) is 0 Å². The molecule has 3 heterocycles. The van der Waals surface area contributed by atoms with Crippen molar-refractivity contribution in [1.29, 1.82) is 0 Å². The molecule has 0 radical (unpaired) electrons. The first-order valence-corrected chi connectivity index (χ1v) is 16.9. The summed E-state index contributed by atoms with van der Waals surface area (Å²) < 4.78 is 35.6. The summed E-state index contributed by atoms with van der Waals surface area (Å²) >= 11 is 0. The molecule has 1 atom stereocenters.